The molecule has 1 spiro atoms. The molecule has 3 atom stereocenters. The van der Waals surface area contributed by atoms with Gasteiger partial charge in [-0.05, 0) is 88.6 Å². The van der Waals surface area contributed by atoms with Gasteiger partial charge in [-0.3, -0.25) is 9.59 Å². The number of thioether (sulfide) groups is 1. The summed E-state index contributed by atoms with van der Waals surface area (Å²) in [7, 11) is 0. The van der Waals surface area contributed by atoms with E-state index in [2.05, 4.69) is 22.7 Å². The smallest absolute Gasteiger partial charge is 0.291 e. The van der Waals surface area contributed by atoms with Gasteiger partial charge in [0.2, 0.25) is 11.7 Å². The number of aromatic nitrogens is 1. The number of nitrogens with one attached hydrogen (secondary N) is 2. The molecule has 5 fully saturated rings. The number of likely N-dealkylation sites (tertiary alicyclic amines) is 1. The van der Waals surface area contributed by atoms with Gasteiger partial charge in [-0.1, -0.05) is 38.5 Å². The van der Waals surface area contributed by atoms with Crippen LogP contribution in [0.3, 0.4) is 0 Å². The Bertz CT molecular complexity index is 1120. The number of carbonyl (C=O) groups excluding carboxylic acids is 2. The Morgan fingerprint density at radius 2 is 1.82 bits per heavy atom. The fraction of sp³-hybridized carbons (Fsp3) is 0.853. The number of hydrogen-bond donors (Lipinski definition) is 2. The molecule has 3 unspecified atom stereocenters. The summed E-state index contributed by atoms with van der Waals surface area (Å²) >= 11 is 1.67. The van der Waals surface area contributed by atoms with E-state index in [-0.39, 0.29) is 35.8 Å². The molecule has 2 N–H and O–H groups in total. The summed E-state index contributed by atoms with van der Waals surface area (Å²) in [6.07, 6.45) is 15.4. The van der Waals surface area contributed by atoms with Crippen LogP contribution in [0.5, 0.6) is 5.88 Å². The molecule has 2 amide bonds. The molecule has 0 radical (unpaired) electrons. The molecule has 2 saturated heterocycles. The first-order valence-electron chi connectivity index (χ1n) is 17.5. The second-order valence-electron chi connectivity index (χ2n) is 15.1. The molecule has 246 valence electrons. The number of amides is 2. The summed E-state index contributed by atoms with van der Waals surface area (Å²) < 4.78 is 18.1. The number of piperidine rings is 1. The Balaban J connectivity index is 1.10. The van der Waals surface area contributed by atoms with Crippen molar-refractivity contribution in [3.63, 3.8) is 0 Å². The van der Waals surface area contributed by atoms with Crippen molar-refractivity contribution in [1.29, 1.82) is 0 Å². The van der Waals surface area contributed by atoms with Crippen LogP contribution in [0.15, 0.2) is 9.42 Å². The van der Waals surface area contributed by atoms with Crippen LogP contribution in [-0.4, -0.2) is 78.2 Å². The normalized spacial score (nSPS) is 28.4. The highest BCUT2D eigenvalue weighted by atomic mass is 32.2. The van der Waals surface area contributed by atoms with Crippen LogP contribution in [0.2, 0.25) is 0 Å². The van der Waals surface area contributed by atoms with E-state index in [1.54, 1.807) is 11.8 Å². The Hall–Kier alpha value is -1.78. The summed E-state index contributed by atoms with van der Waals surface area (Å²) in [6, 6.07) is 0.0860. The minimum Gasteiger partial charge on any atom is -0.474 e. The third-order valence-electron chi connectivity index (χ3n) is 11.1. The fourth-order valence-corrected chi connectivity index (χ4v) is 9.76. The average molecular weight is 631 g/mol. The van der Waals surface area contributed by atoms with Crippen LogP contribution >= 0.6 is 11.8 Å². The van der Waals surface area contributed by atoms with Crippen LogP contribution in [0.4, 0.5) is 0 Å². The zero-order valence-electron chi connectivity index (χ0n) is 27.2. The minimum atomic E-state index is -0.752. The summed E-state index contributed by atoms with van der Waals surface area (Å²) in [4.78, 5) is 30.0. The van der Waals surface area contributed by atoms with Crippen molar-refractivity contribution < 1.29 is 23.6 Å². The van der Waals surface area contributed by atoms with Gasteiger partial charge in [0.15, 0.2) is 0 Å². The zero-order valence-corrected chi connectivity index (χ0v) is 28.0. The van der Waals surface area contributed by atoms with Crippen LogP contribution in [0.25, 0.3) is 0 Å². The number of morpholine rings is 1. The lowest BCUT2D eigenvalue weighted by atomic mass is 9.66. The topological polar surface area (TPSA) is 106 Å². The maximum Gasteiger partial charge on any atom is 0.291 e. The Labute approximate surface area is 267 Å². The number of carbonyl (C=O) groups is 2. The molecular formula is C34H54N4O5S. The van der Waals surface area contributed by atoms with Crippen molar-refractivity contribution in [2.24, 2.45) is 23.2 Å². The number of fused-ring (bicyclic) bond motifs is 2. The molecule has 2 bridgehead atoms. The second-order valence-corrected chi connectivity index (χ2v) is 16.4. The van der Waals surface area contributed by atoms with Crippen LogP contribution in [0, 0.1) is 23.2 Å². The highest BCUT2D eigenvalue weighted by Gasteiger charge is 2.42. The summed E-state index contributed by atoms with van der Waals surface area (Å²) in [5.74, 6) is 2.59. The highest BCUT2D eigenvalue weighted by molar-refractivity contribution is 8.00. The van der Waals surface area contributed by atoms with E-state index in [0.717, 1.165) is 57.2 Å². The van der Waals surface area contributed by atoms with Gasteiger partial charge in [0.05, 0.1) is 17.6 Å². The number of hydrogen-bond acceptors (Lipinski definition) is 8. The van der Waals surface area contributed by atoms with Gasteiger partial charge in [-0.15, -0.1) is 11.8 Å². The Kier molecular flexibility index (Phi) is 10.2. The fourth-order valence-electron chi connectivity index (χ4n) is 8.42. The van der Waals surface area contributed by atoms with Crippen LogP contribution in [-0.2, 0) is 9.53 Å². The SMILES string of the molecule is CC(NC(=O)c1onc(OCC(C)(C)C(=O)N2CCC3(CC2)CNCCO3)c1SC1CCCCC1)C1CC2CCCC(C2)C1. The van der Waals surface area contributed by atoms with Crippen molar-refractivity contribution >= 4 is 23.6 Å². The van der Waals surface area contributed by atoms with E-state index in [9.17, 15) is 9.59 Å². The highest BCUT2D eigenvalue weighted by Crippen LogP contribution is 2.44. The first kappa shape index (κ1) is 32.2. The predicted molar refractivity (Wildman–Crippen MR) is 171 cm³/mol. The average Bonchev–Trinajstić information content (AvgIpc) is 3.43. The van der Waals surface area contributed by atoms with Crippen molar-refractivity contribution in [2.45, 2.75) is 126 Å². The second kappa shape index (κ2) is 13.9. The maximum atomic E-state index is 13.7. The van der Waals surface area contributed by atoms with Gasteiger partial charge in [-0.2, -0.15) is 0 Å². The summed E-state index contributed by atoms with van der Waals surface area (Å²) in [6.45, 7) is 10.0. The number of ether oxygens (including phenoxy) is 2. The summed E-state index contributed by atoms with van der Waals surface area (Å²) in [5.41, 5.74) is -0.899. The first-order valence-corrected chi connectivity index (χ1v) is 18.3. The van der Waals surface area contributed by atoms with Gasteiger partial charge in [-0.25, -0.2) is 0 Å². The Morgan fingerprint density at radius 1 is 1.09 bits per heavy atom. The molecule has 9 nitrogen and oxygen atoms in total. The summed E-state index contributed by atoms with van der Waals surface area (Å²) in [5, 5.41) is 11.4. The van der Waals surface area contributed by atoms with E-state index in [1.807, 2.05) is 18.7 Å². The van der Waals surface area contributed by atoms with E-state index >= 15 is 0 Å². The molecule has 3 aliphatic carbocycles. The molecule has 1 aromatic rings. The lowest BCUT2D eigenvalue weighted by Crippen LogP contribution is -2.57. The molecule has 0 aromatic carbocycles. The molecule has 1 aromatic heterocycles. The maximum absolute atomic E-state index is 13.7. The number of rotatable bonds is 9. The van der Waals surface area contributed by atoms with E-state index in [4.69, 9.17) is 14.0 Å². The number of nitrogens with zero attached hydrogens (tertiary/aromatic N) is 2. The van der Waals surface area contributed by atoms with Crippen molar-refractivity contribution in [3.8, 4) is 5.88 Å². The standard InChI is InChI=1S/C34H54N4O5S/c1-23(26-19-24-8-7-9-25(18-24)20-26)36-30(39)28-29(44-27-10-5-4-6-11-27)31(37-43-28)41-22-33(2,3)32(40)38-15-12-34(13-16-38)21-35-14-17-42-34/h23-27,35H,4-22H2,1-3H3,(H,36,39). The van der Waals surface area contributed by atoms with Crippen molar-refractivity contribution in [2.75, 3.05) is 39.4 Å². The molecule has 6 rings (SSSR count). The zero-order chi connectivity index (χ0) is 30.7. The van der Waals surface area contributed by atoms with E-state index < -0.39 is 5.41 Å². The van der Waals surface area contributed by atoms with Crippen molar-refractivity contribution in [1.82, 2.24) is 20.7 Å². The molecule has 2 aliphatic heterocycles. The predicted octanol–water partition coefficient (Wildman–Crippen LogP) is 5.82. The molecular weight excluding hydrogens is 576 g/mol. The quantitative estimate of drug-likeness (QED) is 0.352. The van der Waals surface area contributed by atoms with Gasteiger partial charge >= 0.3 is 0 Å². The Morgan fingerprint density at radius 3 is 2.50 bits per heavy atom. The minimum absolute atomic E-state index is 0.0742. The molecule has 44 heavy (non-hydrogen) atoms. The van der Waals surface area contributed by atoms with E-state index in [0.29, 0.717) is 35.0 Å². The molecule has 3 heterocycles. The van der Waals surface area contributed by atoms with E-state index in [1.165, 1.54) is 57.8 Å². The third-order valence-corrected chi connectivity index (χ3v) is 12.5. The van der Waals surface area contributed by atoms with Crippen LogP contribution in [0.1, 0.15) is 115 Å². The van der Waals surface area contributed by atoms with Gasteiger partial charge in [0.1, 0.15) is 11.5 Å². The lowest BCUT2D eigenvalue weighted by Gasteiger charge is -2.45. The third kappa shape index (κ3) is 7.43. The first-order chi connectivity index (χ1) is 21.2. The lowest BCUT2D eigenvalue weighted by molar-refractivity contribution is -0.150. The van der Waals surface area contributed by atoms with Gasteiger partial charge in [0.25, 0.3) is 11.8 Å². The monoisotopic (exact) mass is 630 g/mol. The molecule has 5 aliphatic rings. The molecule has 3 saturated carbocycles. The molecule has 10 heteroatoms. The largest absolute Gasteiger partial charge is 0.474 e. The van der Waals surface area contributed by atoms with Crippen LogP contribution < -0.4 is 15.4 Å². The van der Waals surface area contributed by atoms with Crippen molar-refractivity contribution in [3.05, 3.63) is 5.76 Å². The van der Waals surface area contributed by atoms with Gasteiger partial charge < -0.3 is 29.5 Å². The van der Waals surface area contributed by atoms with Gasteiger partial charge in [0, 0.05) is 37.5 Å².